The van der Waals surface area contributed by atoms with E-state index in [1.165, 1.54) is 11.8 Å². The van der Waals surface area contributed by atoms with Gasteiger partial charge in [0, 0.05) is 35.9 Å². The van der Waals surface area contributed by atoms with Crippen LogP contribution in [0.25, 0.3) is 0 Å². The Balaban J connectivity index is 2.03. The first-order valence-electron chi connectivity index (χ1n) is 8.35. The second-order valence-corrected chi connectivity index (χ2v) is 7.11. The summed E-state index contributed by atoms with van der Waals surface area (Å²) in [7, 11) is 0. The van der Waals surface area contributed by atoms with Crippen molar-refractivity contribution in [2.24, 2.45) is 0 Å². The molecule has 6 heteroatoms. The van der Waals surface area contributed by atoms with E-state index in [1.807, 2.05) is 56.2 Å². The molecule has 0 fully saturated rings. The van der Waals surface area contributed by atoms with Gasteiger partial charge in [0.05, 0.1) is 0 Å². The molecule has 0 saturated heterocycles. The first kappa shape index (κ1) is 19.7. The van der Waals surface area contributed by atoms with Crippen LogP contribution in [0.3, 0.4) is 0 Å². The number of aromatic nitrogens is 2. The van der Waals surface area contributed by atoms with Crippen molar-refractivity contribution < 1.29 is 4.79 Å². The molecule has 0 N–H and O–H groups in total. The third-order valence-corrected chi connectivity index (χ3v) is 4.95. The van der Waals surface area contributed by atoms with E-state index in [4.69, 9.17) is 11.6 Å². The van der Waals surface area contributed by atoms with Gasteiger partial charge in [0.2, 0.25) is 5.91 Å². The molecule has 1 amide bonds. The molecule has 0 aliphatic carbocycles. The zero-order valence-electron chi connectivity index (χ0n) is 15.2. The topological polar surface area (TPSA) is 46.1 Å². The maximum Gasteiger partial charge on any atom is 0.223 e. The number of carbonyl (C=O) groups is 1. The second kappa shape index (κ2) is 9.20. The van der Waals surface area contributed by atoms with Crippen LogP contribution in [0.5, 0.6) is 0 Å². The third-order valence-electron chi connectivity index (χ3n) is 4.17. The highest BCUT2D eigenvalue weighted by molar-refractivity contribution is 7.98. The molecular weight excluding hydrogens is 354 g/mol. The molecule has 0 unspecified atom stereocenters. The lowest BCUT2D eigenvalue weighted by atomic mass is 10.1. The maximum atomic E-state index is 12.6. The summed E-state index contributed by atoms with van der Waals surface area (Å²) in [4.78, 5) is 23.5. The Morgan fingerprint density at radius 2 is 1.92 bits per heavy atom. The Hall–Kier alpha value is -1.59. The van der Waals surface area contributed by atoms with Crippen molar-refractivity contribution in [1.82, 2.24) is 14.9 Å². The molecule has 2 rings (SSSR count). The minimum atomic E-state index is 0.134. The molecule has 0 bridgehead atoms. The molecule has 0 spiro atoms. The Labute approximate surface area is 159 Å². The number of hydrogen-bond acceptors (Lipinski definition) is 4. The van der Waals surface area contributed by atoms with Gasteiger partial charge in [-0.3, -0.25) is 4.79 Å². The number of nitrogens with zero attached hydrogens (tertiary/aromatic N) is 3. The minimum absolute atomic E-state index is 0.134. The molecule has 0 atom stereocenters. The fourth-order valence-corrected chi connectivity index (χ4v) is 3.45. The highest BCUT2D eigenvalue weighted by Gasteiger charge is 2.15. The summed E-state index contributed by atoms with van der Waals surface area (Å²) in [6.45, 7) is 7.21. The predicted octanol–water partition coefficient (Wildman–Crippen LogP) is 4.45. The average molecular weight is 378 g/mol. The zero-order chi connectivity index (χ0) is 18.4. The fourth-order valence-electron chi connectivity index (χ4n) is 2.78. The van der Waals surface area contributed by atoms with Gasteiger partial charge in [0.25, 0.3) is 0 Å². The SMILES string of the molecule is CCN(Cc1cccc(Cl)c1)C(=O)CCc1c(C)nc(SC)nc1C. The van der Waals surface area contributed by atoms with Crippen LogP contribution in [-0.4, -0.2) is 33.6 Å². The van der Waals surface area contributed by atoms with Crippen molar-refractivity contribution in [3.63, 3.8) is 0 Å². The van der Waals surface area contributed by atoms with E-state index >= 15 is 0 Å². The Morgan fingerprint density at radius 3 is 2.48 bits per heavy atom. The lowest BCUT2D eigenvalue weighted by Crippen LogP contribution is -2.30. The third kappa shape index (κ3) is 5.44. The number of hydrogen-bond donors (Lipinski definition) is 0. The first-order chi connectivity index (χ1) is 11.9. The molecule has 1 aromatic heterocycles. The van der Waals surface area contributed by atoms with Gasteiger partial charge in [-0.05, 0) is 56.7 Å². The van der Waals surface area contributed by atoms with Crippen molar-refractivity contribution in [3.05, 3.63) is 51.8 Å². The monoisotopic (exact) mass is 377 g/mol. The Bertz CT molecular complexity index is 728. The van der Waals surface area contributed by atoms with Gasteiger partial charge < -0.3 is 4.90 Å². The Morgan fingerprint density at radius 1 is 1.24 bits per heavy atom. The number of rotatable bonds is 7. The number of benzene rings is 1. The smallest absolute Gasteiger partial charge is 0.223 e. The van der Waals surface area contributed by atoms with Gasteiger partial charge in [-0.2, -0.15) is 0 Å². The van der Waals surface area contributed by atoms with Crippen LogP contribution in [0.15, 0.2) is 29.4 Å². The summed E-state index contributed by atoms with van der Waals surface area (Å²) in [5.74, 6) is 0.134. The van der Waals surface area contributed by atoms with E-state index in [2.05, 4.69) is 9.97 Å². The van der Waals surface area contributed by atoms with Crippen LogP contribution >= 0.6 is 23.4 Å². The summed E-state index contributed by atoms with van der Waals surface area (Å²) in [5.41, 5.74) is 4.04. The van der Waals surface area contributed by atoms with E-state index in [1.54, 1.807) is 0 Å². The van der Waals surface area contributed by atoms with Crippen LogP contribution in [0.1, 0.15) is 35.9 Å². The molecule has 4 nitrogen and oxygen atoms in total. The van der Waals surface area contributed by atoms with Crippen molar-refractivity contribution in [1.29, 1.82) is 0 Å². The normalized spacial score (nSPS) is 10.8. The lowest BCUT2D eigenvalue weighted by molar-refractivity contribution is -0.131. The quantitative estimate of drug-likeness (QED) is 0.528. The largest absolute Gasteiger partial charge is 0.339 e. The van der Waals surface area contributed by atoms with Crippen molar-refractivity contribution in [2.75, 3.05) is 12.8 Å². The number of amides is 1. The summed E-state index contributed by atoms with van der Waals surface area (Å²) in [5, 5.41) is 1.47. The summed E-state index contributed by atoms with van der Waals surface area (Å²) >= 11 is 7.57. The summed E-state index contributed by atoms with van der Waals surface area (Å²) in [6.07, 6.45) is 3.08. The van der Waals surface area contributed by atoms with Gasteiger partial charge in [-0.25, -0.2) is 9.97 Å². The number of thioether (sulfide) groups is 1. The molecule has 2 aromatic rings. The van der Waals surface area contributed by atoms with E-state index in [0.29, 0.717) is 31.0 Å². The molecular formula is C19H24ClN3OS. The van der Waals surface area contributed by atoms with Gasteiger partial charge >= 0.3 is 0 Å². The van der Waals surface area contributed by atoms with E-state index in [0.717, 1.165) is 27.7 Å². The average Bonchev–Trinajstić information content (AvgIpc) is 2.58. The number of aryl methyl sites for hydroxylation is 2. The summed E-state index contributed by atoms with van der Waals surface area (Å²) < 4.78 is 0. The number of carbonyl (C=O) groups excluding carboxylic acids is 1. The van der Waals surface area contributed by atoms with Gasteiger partial charge in [-0.1, -0.05) is 35.5 Å². The molecule has 1 heterocycles. The lowest BCUT2D eigenvalue weighted by Gasteiger charge is -2.21. The standard InChI is InChI=1S/C19H24ClN3OS/c1-5-23(12-15-7-6-8-16(20)11-15)18(24)10-9-17-13(2)21-19(25-4)22-14(17)3/h6-8,11H,5,9-10,12H2,1-4H3. The van der Waals surface area contributed by atoms with Crippen LogP contribution < -0.4 is 0 Å². The van der Waals surface area contributed by atoms with Gasteiger partial charge in [0.15, 0.2) is 5.16 Å². The van der Waals surface area contributed by atoms with Gasteiger partial charge in [0.1, 0.15) is 0 Å². The predicted molar refractivity (Wildman–Crippen MR) is 104 cm³/mol. The van der Waals surface area contributed by atoms with Crippen LogP contribution in [-0.2, 0) is 17.8 Å². The van der Waals surface area contributed by atoms with Crippen LogP contribution in [0, 0.1) is 13.8 Å². The highest BCUT2D eigenvalue weighted by atomic mass is 35.5. The van der Waals surface area contributed by atoms with Crippen molar-refractivity contribution >= 4 is 29.3 Å². The Kier molecular flexibility index (Phi) is 7.26. The maximum absolute atomic E-state index is 12.6. The summed E-state index contributed by atoms with van der Waals surface area (Å²) in [6, 6.07) is 7.65. The molecule has 0 aliphatic rings. The van der Waals surface area contributed by atoms with Gasteiger partial charge in [-0.15, -0.1) is 0 Å². The van der Waals surface area contributed by atoms with Crippen molar-refractivity contribution in [3.8, 4) is 0 Å². The highest BCUT2D eigenvalue weighted by Crippen LogP contribution is 2.18. The van der Waals surface area contributed by atoms with Crippen molar-refractivity contribution in [2.45, 2.75) is 45.3 Å². The molecule has 134 valence electrons. The molecule has 0 radical (unpaired) electrons. The van der Waals surface area contributed by atoms with Crippen LogP contribution in [0.2, 0.25) is 5.02 Å². The van der Waals surface area contributed by atoms with E-state index < -0.39 is 0 Å². The van der Waals surface area contributed by atoms with Crippen LogP contribution in [0.4, 0.5) is 0 Å². The minimum Gasteiger partial charge on any atom is -0.339 e. The fraction of sp³-hybridized carbons (Fsp3) is 0.421. The molecule has 1 aromatic carbocycles. The van der Waals surface area contributed by atoms with E-state index in [-0.39, 0.29) is 5.91 Å². The first-order valence-corrected chi connectivity index (χ1v) is 9.95. The second-order valence-electron chi connectivity index (χ2n) is 5.90. The molecule has 0 aliphatic heterocycles. The molecule has 25 heavy (non-hydrogen) atoms. The van der Waals surface area contributed by atoms with E-state index in [9.17, 15) is 4.79 Å². The number of halogens is 1. The zero-order valence-corrected chi connectivity index (χ0v) is 16.7. The molecule has 0 saturated carbocycles.